The molecule has 0 atom stereocenters. The molecule has 0 aliphatic carbocycles. The Balaban J connectivity index is 2.04. The highest BCUT2D eigenvalue weighted by Gasteiger charge is 2.26. The van der Waals surface area contributed by atoms with Crippen molar-refractivity contribution in [2.75, 3.05) is 24.5 Å². The van der Waals surface area contributed by atoms with Crippen molar-refractivity contribution in [3.8, 4) is 0 Å². The van der Waals surface area contributed by atoms with Crippen molar-refractivity contribution in [2.24, 2.45) is 0 Å². The molecule has 1 aliphatic heterocycles. The second kappa shape index (κ2) is 5.59. The van der Waals surface area contributed by atoms with Crippen molar-refractivity contribution in [1.29, 1.82) is 0 Å². The first-order valence-corrected chi connectivity index (χ1v) is 6.92. The summed E-state index contributed by atoms with van der Waals surface area (Å²) in [6, 6.07) is 0.627. The Morgan fingerprint density at radius 2 is 2.19 bits per heavy atom. The highest BCUT2D eigenvalue weighted by Crippen LogP contribution is 2.22. The minimum Gasteiger partial charge on any atom is -0.341 e. The molecule has 1 aromatic heterocycles. The van der Waals surface area contributed by atoms with Crippen LogP contribution in [-0.2, 0) is 6.42 Å². The van der Waals surface area contributed by atoms with Crippen LogP contribution in [0.3, 0.4) is 0 Å². The Labute approximate surface area is 101 Å². The van der Waals surface area contributed by atoms with Gasteiger partial charge >= 0.3 is 0 Å². The van der Waals surface area contributed by atoms with Crippen molar-refractivity contribution < 1.29 is 0 Å². The number of aryl methyl sites for hydroxylation is 1. The lowest BCUT2D eigenvalue weighted by Gasteiger charge is -2.37. The van der Waals surface area contributed by atoms with E-state index in [0.717, 1.165) is 43.4 Å². The lowest BCUT2D eigenvalue weighted by Crippen LogP contribution is -2.57. The molecule has 1 aromatic rings. The van der Waals surface area contributed by atoms with Gasteiger partial charge in [0.05, 0.1) is 6.04 Å². The van der Waals surface area contributed by atoms with Crippen LogP contribution in [0.2, 0.25) is 0 Å². The smallest absolute Gasteiger partial charge is 0.205 e. The summed E-state index contributed by atoms with van der Waals surface area (Å²) in [6.45, 7) is 7.64. The second-order valence-electron chi connectivity index (χ2n) is 4.25. The summed E-state index contributed by atoms with van der Waals surface area (Å²) >= 11 is 1.55. The molecule has 0 unspecified atom stereocenters. The van der Waals surface area contributed by atoms with Gasteiger partial charge in [-0.15, -0.1) is 0 Å². The van der Waals surface area contributed by atoms with E-state index in [2.05, 4.69) is 33.4 Å². The van der Waals surface area contributed by atoms with E-state index in [9.17, 15) is 0 Å². The molecule has 4 nitrogen and oxygen atoms in total. The molecule has 0 saturated carbocycles. The number of anilines is 1. The summed E-state index contributed by atoms with van der Waals surface area (Å²) in [4.78, 5) is 7.04. The average molecular weight is 240 g/mol. The molecule has 90 valence electrons. The molecule has 0 amide bonds. The third-order valence-electron chi connectivity index (χ3n) is 2.84. The summed E-state index contributed by atoms with van der Waals surface area (Å²) in [7, 11) is 0. The number of aromatic nitrogens is 2. The maximum atomic E-state index is 4.63. The molecular formula is C11H20N4S. The first-order chi connectivity index (χ1) is 7.85. The van der Waals surface area contributed by atoms with Gasteiger partial charge in [-0.2, -0.15) is 4.37 Å². The number of rotatable bonds is 6. The number of nitrogens with zero attached hydrogens (tertiary/aromatic N) is 3. The zero-order valence-electron chi connectivity index (χ0n) is 10.1. The predicted molar refractivity (Wildman–Crippen MR) is 68.2 cm³/mol. The Morgan fingerprint density at radius 3 is 2.75 bits per heavy atom. The van der Waals surface area contributed by atoms with E-state index in [0.29, 0.717) is 6.04 Å². The quantitative estimate of drug-likeness (QED) is 0.821. The van der Waals surface area contributed by atoms with Crippen molar-refractivity contribution in [3.05, 3.63) is 5.82 Å². The molecule has 0 aromatic carbocycles. The summed E-state index contributed by atoms with van der Waals surface area (Å²) in [5, 5.41) is 4.42. The summed E-state index contributed by atoms with van der Waals surface area (Å²) in [5.74, 6) is 1.01. The van der Waals surface area contributed by atoms with Crippen LogP contribution in [-0.4, -0.2) is 35.0 Å². The van der Waals surface area contributed by atoms with Gasteiger partial charge in [0.1, 0.15) is 5.82 Å². The maximum absolute atomic E-state index is 4.63. The fourth-order valence-corrected chi connectivity index (χ4v) is 2.67. The fourth-order valence-electron chi connectivity index (χ4n) is 1.86. The first-order valence-electron chi connectivity index (χ1n) is 6.15. The van der Waals surface area contributed by atoms with Gasteiger partial charge in [0, 0.05) is 37.6 Å². The predicted octanol–water partition coefficient (Wildman–Crippen LogP) is 1.68. The topological polar surface area (TPSA) is 41.1 Å². The minimum absolute atomic E-state index is 0.627. The third kappa shape index (κ3) is 2.52. The largest absolute Gasteiger partial charge is 0.341 e. The molecule has 1 fully saturated rings. The van der Waals surface area contributed by atoms with E-state index in [-0.39, 0.29) is 0 Å². The van der Waals surface area contributed by atoms with Gasteiger partial charge in [-0.1, -0.05) is 13.8 Å². The third-order valence-corrected chi connectivity index (χ3v) is 3.63. The fraction of sp³-hybridized carbons (Fsp3) is 0.818. The zero-order valence-corrected chi connectivity index (χ0v) is 10.9. The molecule has 5 heteroatoms. The van der Waals surface area contributed by atoms with Gasteiger partial charge in [-0.3, -0.25) is 0 Å². The molecule has 0 radical (unpaired) electrons. The molecule has 1 aliphatic rings. The van der Waals surface area contributed by atoms with E-state index in [1.807, 2.05) is 0 Å². The normalized spacial score (nSPS) is 16.1. The van der Waals surface area contributed by atoms with E-state index < -0.39 is 0 Å². The number of nitrogens with one attached hydrogen (secondary N) is 1. The molecule has 16 heavy (non-hydrogen) atoms. The summed E-state index contributed by atoms with van der Waals surface area (Å²) < 4.78 is 4.42. The lowest BCUT2D eigenvalue weighted by molar-refractivity contribution is 0.412. The summed E-state index contributed by atoms with van der Waals surface area (Å²) in [6.07, 6.45) is 3.29. The highest BCUT2D eigenvalue weighted by molar-refractivity contribution is 7.09. The Hall–Kier alpha value is -0.680. The number of hydrogen-bond acceptors (Lipinski definition) is 5. The van der Waals surface area contributed by atoms with Crippen LogP contribution in [0.4, 0.5) is 5.13 Å². The van der Waals surface area contributed by atoms with Crippen LogP contribution < -0.4 is 10.2 Å². The van der Waals surface area contributed by atoms with Crippen molar-refractivity contribution >= 4 is 16.7 Å². The maximum Gasteiger partial charge on any atom is 0.205 e. The van der Waals surface area contributed by atoms with Crippen LogP contribution in [0, 0.1) is 0 Å². The molecule has 2 heterocycles. The molecule has 0 spiro atoms. The van der Waals surface area contributed by atoms with Crippen molar-refractivity contribution in [2.45, 2.75) is 39.2 Å². The van der Waals surface area contributed by atoms with Crippen LogP contribution in [0.25, 0.3) is 0 Å². The Kier molecular flexibility index (Phi) is 4.12. The lowest BCUT2D eigenvalue weighted by atomic mass is 10.1. The average Bonchev–Trinajstić information content (AvgIpc) is 2.63. The molecule has 1 saturated heterocycles. The standard InChI is InChI=1S/C11H20N4S/c1-3-5-10-13-11(16-14-10)15(6-4-2)9-7-12-8-9/h9,12H,3-8H2,1-2H3. The Morgan fingerprint density at radius 1 is 1.38 bits per heavy atom. The van der Waals surface area contributed by atoms with Gasteiger partial charge in [0.2, 0.25) is 5.13 Å². The highest BCUT2D eigenvalue weighted by atomic mass is 32.1. The van der Waals surface area contributed by atoms with E-state index >= 15 is 0 Å². The van der Waals surface area contributed by atoms with Gasteiger partial charge in [0.15, 0.2) is 0 Å². The SMILES string of the molecule is CCCc1nsc(N(CCC)C2CNC2)n1. The number of hydrogen-bond donors (Lipinski definition) is 1. The van der Waals surface area contributed by atoms with E-state index in [1.165, 1.54) is 6.42 Å². The van der Waals surface area contributed by atoms with Crippen molar-refractivity contribution in [3.63, 3.8) is 0 Å². The van der Waals surface area contributed by atoms with Crippen LogP contribution in [0.15, 0.2) is 0 Å². The van der Waals surface area contributed by atoms with Crippen LogP contribution >= 0.6 is 11.5 Å². The molecule has 0 bridgehead atoms. The minimum atomic E-state index is 0.627. The van der Waals surface area contributed by atoms with Crippen LogP contribution in [0.5, 0.6) is 0 Å². The summed E-state index contributed by atoms with van der Waals surface area (Å²) in [5.41, 5.74) is 0. The second-order valence-corrected chi connectivity index (χ2v) is 4.98. The van der Waals surface area contributed by atoms with E-state index in [4.69, 9.17) is 0 Å². The van der Waals surface area contributed by atoms with Gasteiger partial charge in [0.25, 0.3) is 0 Å². The van der Waals surface area contributed by atoms with Gasteiger partial charge in [-0.05, 0) is 12.8 Å². The molecular weight excluding hydrogens is 220 g/mol. The van der Waals surface area contributed by atoms with Gasteiger partial charge < -0.3 is 10.2 Å². The molecule has 2 rings (SSSR count). The van der Waals surface area contributed by atoms with E-state index in [1.54, 1.807) is 11.5 Å². The van der Waals surface area contributed by atoms with Crippen LogP contribution in [0.1, 0.15) is 32.5 Å². The molecule has 1 N–H and O–H groups in total. The van der Waals surface area contributed by atoms with Crippen molar-refractivity contribution in [1.82, 2.24) is 14.7 Å². The van der Waals surface area contributed by atoms with Gasteiger partial charge in [-0.25, -0.2) is 4.98 Å². The zero-order chi connectivity index (χ0) is 11.4. The monoisotopic (exact) mass is 240 g/mol. The Bertz CT molecular complexity index is 322. The first kappa shape index (κ1) is 11.8.